The van der Waals surface area contributed by atoms with Gasteiger partial charge in [0.15, 0.2) is 0 Å². The number of hydrogen-bond donors (Lipinski definition) is 1. The number of benzene rings is 3. The monoisotopic (exact) mass is 506 g/mol. The van der Waals surface area contributed by atoms with Crippen LogP contribution in [0.3, 0.4) is 0 Å². The Morgan fingerprint density at radius 3 is 2.36 bits per heavy atom. The van der Waals surface area contributed by atoms with Crippen molar-refractivity contribution in [3.8, 4) is 5.75 Å². The number of carbonyl (C=O) groups is 1. The van der Waals surface area contributed by atoms with Gasteiger partial charge in [-0.15, -0.1) is 0 Å². The number of fused-ring (bicyclic) bond motifs is 1. The van der Waals surface area contributed by atoms with E-state index in [1.165, 1.54) is 36.1 Å². The molecular weight excluding hydrogens is 472 g/mol. The van der Waals surface area contributed by atoms with Crippen molar-refractivity contribution in [2.75, 3.05) is 17.5 Å². The summed E-state index contributed by atoms with van der Waals surface area (Å²) < 4.78 is 34.3. The number of nitrogens with one attached hydrogen (secondary N) is 1. The van der Waals surface area contributed by atoms with Crippen molar-refractivity contribution >= 4 is 21.6 Å². The van der Waals surface area contributed by atoms with E-state index in [2.05, 4.69) is 23.5 Å². The van der Waals surface area contributed by atoms with Crippen molar-refractivity contribution in [2.24, 2.45) is 0 Å². The largest absolute Gasteiger partial charge is 0.492 e. The van der Waals surface area contributed by atoms with Gasteiger partial charge < -0.3 is 10.1 Å². The van der Waals surface area contributed by atoms with E-state index in [1.807, 2.05) is 13.8 Å². The first-order valence-electron chi connectivity index (χ1n) is 12.6. The van der Waals surface area contributed by atoms with Gasteiger partial charge in [-0.05, 0) is 80.0 Å². The van der Waals surface area contributed by atoms with Gasteiger partial charge in [-0.25, -0.2) is 8.42 Å². The van der Waals surface area contributed by atoms with E-state index >= 15 is 0 Å². The summed E-state index contributed by atoms with van der Waals surface area (Å²) in [5, 5.41) is 3.08. The van der Waals surface area contributed by atoms with Crippen molar-refractivity contribution in [3.63, 3.8) is 0 Å². The van der Waals surface area contributed by atoms with Crippen molar-refractivity contribution < 1.29 is 17.9 Å². The standard InChI is InChI=1S/C29H34N2O4S/c1-3-26(24-19-18-22-12-8-9-13-23(22)20-24)30-29(32)21-31(27-16-10-11-17-28(27)35-4-2)36(33,34)25-14-6-5-7-15-25/h5-7,10-11,14-20,26H,3-4,8-9,12-13,21H2,1-2H3,(H,30,32)/t26-/m1/s1. The summed E-state index contributed by atoms with van der Waals surface area (Å²) >= 11 is 0. The topological polar surface area (TPSA) is 75.7 Å². The molecular formula is C29H34N2O4S. The van der Waals surface area contributed by atoms with Crippen LogP contribution >= 0.6 is 0 Å². The van der Waals surface area contributed by atoms with Crippen LogP contribution in [0.15, 0.2) is 77.7 Å². The highest BCUT2D eigenvalue weighted by atomic mass is 32.2. The van der Waals surface area contributed by atoms with Gasteiger partial charge in [-0.1, -0.05) is 55.5 Å². The lowest BCUT2D eigenvalue weighted by atomic mass is 9.89. The number of nitrogens with zero attached hydrogens (tertiary/aromatic N) is 1. The molecule has 0 unspecified atom stereocenters. The molecule has 1 aliphatic carbocycles. The zero-order chi connectivity index (χ0) is 25.5. The molecule has 6 nitrogen and oxygen atoms in total. The summed E-state index contributed by atoms with van der Waals surface area (Å²) in [6.07, 6.45) is 5.26. The molecule has 1 aliphatic rings. The molecule has 0 saturated carbocycles. The first-order chi connectivity index (χ1) is 17.4. The highest BCUT2D eigenvalue weighted by Gasteiger charge is 2.30. The van der Waals surface area contributed by atoms with Crippen molar-refractivity contribution in [1.82, 2.24) is 5.32 Å². The predicted molar refractivity (Wildman–Crippen MR) is 143 cm³/mol. The molecule has 0 radical (unpaired) electrons. The predicted octanol–water partition coefficient (Wildman–Crippen LogP) is 5.43. The summed E-state index contributed by atoms with van der Waals surface area (Å²) in [6.45, 7) is 3.87. The lowest BCUT2D eigenvalue weighted by Crippen LogP contribution is -2.42. The Bertz CT molecular complexity index is 1290. The second-order valence-electron chi connectivity index (χ2n) is 8.99. The zero-order valence-electron chi connectivity index (χ0n) is 20.9. The molecule has 0 aromatic heterocycles. The normalized spacial score (nSPS) is 13.9. The SMILES string of the molecule is CCOc1ccccc1N(CC(=O)N[C@H](CC)c1ccc2c(c1)CCCC2)S(=O)(=O)c1ccccc1. The van der Waals surface area contributed by atoms with Crippen LogP contribution in [0.5, 0.6) is 5.75 Å². The lowest BCUT2D eigenvalue weighted by molar-refractivity contribution is -0.120. The molecule has 4 rings (SSSR count). The van der Waals surface area contributed by atoms with Crippen LogP contribution in [0, 0.1) is 0 Å². The summed E-state index contributed by atoms with van der Waals surface area (Å²) in [5.74, 6) is 0.0411. The van der Waals surface area contributed by atoms with E-state index in [-0.39, 0.29) is 23.4 Å². The third kappa shape index (κ3) is 5.73. The fraction of sp³-hybridized carbons (Fsp3) is 0.345. The highest BCUT2D eigenvalue weighted by molar-refractivity contribution is 7.92. The molecule has 3 aromatic carbocycles. The maximum atomic E-state index is 13.7. The Morgan fingerprint density at radius 1 is 0.944 bits per heavy atom. The molecule has 0 spiro atoms. The van der Waals surface area contributed by atoms with E-state index in [9.17, 15) is 13.2 Å². The second kappa shape index (κ2) is 11.6. The van der Waals surface area contributed by atoms with E-state index in [0.717, 1.165) is 22.7 Å². The Morgan fingerprint density at radius 2 is 1.64 bits per heavy atom. The van der Waals surface area contributed by atoms with Crippen molar-refractivity contribution in [2.45, 2.75) is 56.9 Å². The third-order valence-electron chi connectivity index (χ3n) is 6.57. The minimum absolute atomic E-state index is 0.117. The maximum absolute atomic E-state index is 13.7. The number of amides is 1. The van der Waals surface area contributed by atoms with E-state index < -0.39 is 10.0 Å². The molecule has 1 atom stereocenters. The highest BCUT2D eigenvalue weighted by Crippen LogP contribution is 2.33. The molecule has 36 heavy (non-hydrogen) atoms. The van der Waals surface area contributed by atoms with E-state index in [1.54, 1.807) is 42.5 Å². The fourth-order valence-electron chi connectivity index (χ4n) is 4.72. The summed E-state index contributed by atoms with van der Waals surface area (Å²) in [5.41, 5.74) is 4.13. The third-order valence-corrected chi connectivity index (χ3v) is 8.34. The first kappa shape index (κ1) is 25.8. The zero-order valence-corrected chi connectivity index (χ0v) is 21.8. The number of carbonyl (C=O) groups excluding carboxylic acids is 1. The summed E-state index contributed by atoms with van der Waals surface area (Å²) in [4.78, 5) is 13.5. The Hall–Kier alpha value is -3.32. The van der Waals surface area contributed by atoms with Gasteiger partial charge in [0.2, 0.25) is 5.91 Å². The number of aryl methyl sites for hydroxylation is 2. The average Bonchev–Trinajstić information content (AvgIpc) is 2.91. The number of ether oxygens (including phenoxy) is 1. The van der Waals surface area contributed by atoms with Gasteiger partial charge in [-0.2, -0.15) is 0 Å². The Labute approximate surface area is 214 Å². The minimum atomic E-state index is -4.02. The molecule has 1 amide bonds. The molecule has 0 saturated heterocycles. The number of anilines is 1. The van der Waals surface area contributed by atoms with Crippen molar-refractivity contribution in [1.29, 1.82) is 0 Å². The number of sulfonamides is 1. The molecule has 0 fully saturated rings. The van der Waals surface area contributed by atoms with Crippen molar-refractivity contribution in [3.05, 3.63) is 89.5 Å². The maximum Gasteiger partial charge on any atom is 0.264 e. The van der Waals surface area contributed by atoms with Gasteiger partial charge in [0.25, 0.3) is 10.0 Å². The second-order valence-corrected chi connectivity index (χ2v) is 10.9. The smallest absolute Gasteiger partial charge is 0.264 e. The average molecular weight is 507 g/mol. The number of para-hydroxylation sites is 2. The van der Waals surface area contributed by atoms with Gasteiger partial charge in [0.1, 0.15) is 12.3 Å². The molecule has 0 aliphatic heterocycles. The van der Waals surface area contributed by atoms with Gasteiger partial charge in [-0.3, -0.25) is 9.10 Å². The van der Waals surface area contributed by atoms with Gasteiger partial charge in [0, 0.05) is 0 Å². The van der Waals surface area contributed by atoms with Crippen LogP contribution in [-0.4, -0.2) is 27.5 Å². The summed E-state index contributed by atoms with van der Waals surface area (Å²) in [6, 6.07) is 21.3. The minimum Gasteiger partial charge on any atom is -0.492 e. The van der Waals surface area contributed by atoms with E-state index in [0.29, 0.717) is 24.5 Å². The quantitative estimate of drug-likeness (QED) is 0.398. The molecule has 7 heteroatoms. The number of hydrogen-bond acceptors (Lipinski definition) is 4. The molecule has 0 heterocycles. The molecule has 3 aromatic rings. The first-order valence-corrected chi connectivity index (χ1v) is 14.1. The van der Waals surface area contributed by atoms with Gasteiger partial charge in [0.05, 0.1) is 23.2 Å². The molecule has 190 valence electrons. The number of rotatable bonds is 10. The van der Waals surface area contributed by atoms with E-state index in [4.69, 9.17) is 4.74 Å². The summed E-state index contributed by atoms with van der Waals surface area (Å²) in [7, 11) is -4.02. The van der Waals surface area contributed by atoms with Crippen LogP contribution in [0.1, 0.15) is 55.8 Å². The van der Waals surface area contributed by atoms with Crippen LogP contribution < -0.4 is 14.4 Å². The van der Waals surface area contributed by atoms with Gasteiger partial charge >= 0.3 is 0 Å². The fourth-order valence-corrected chi connectivity index (χ4v) is 6.17. The molecule has 0 bridgehead atoms. The van der Waals surface area contributed by atoms with Crippen LogP contribution in [0.25, 0.3) is 0 Å². The van der Waals surface area contributed by atoms with Crippen LogP contribution in [0.2, 0.25) is 0 Å². The van der Waals surface area contributed by atoms with Crippen LogP contribution in [0.4, 0.5) is 5.69 Å². The molecule has 1 N–H and O–H groups in total. The Balaban J connectivity index is 1.63. The van der Waals surface area contributed by atoms with Crippen LogP contribution in [-0.2, 0) is 27.7 Å². The Kier molecular flexibility index (Phi) is 8.31. The lowest BCUT2D eigenvalue weighted by Gasteiger charge is -2.27.